The summed E-state index contributed by atoms with van der Waals surface area (Å²) in [5, 5.41) is 1.55. The highest BCUT2D eigenvalue weighted by molar-refractivity contribution is 7.99. The van der Waals surface area contributed by atoms with Gasteiger partial charge in [-0.15, -0.1) is 11.3 Å². The fraction of sp³-hybridized carbons (Fsp3) is 0.417. The van der Waals surface area contributed by atoms with E-state index in [0.29, 0.717) is 11.0 Å². The minimum absolute atomic E-state index is 0.201. The molecular weight excluding hydrogens is 282 g/mol. The van der Waals surface area contributed by atoms with Gasteiger partial charge in [0.15, 0.2) is 5.16 Å². The van der Waals surface area contributed by atoms with Crippen LogP contribution in [-0.2, 0) is 22.4 Å². The lowest BCUT2D eigenvalue weighted by molar-refractivity contribution is -0.137. The van der Waals surface area contributed by atoms with E-state index in [2.05, 4.69) is 14.7 Å². The first kappa shape index (κ1) is 12.7. The van der Waals surface area contributed by atoms with Crippen molar-refractivity contribution in [2.45, 2.75) is 24.4 Å². The Balaban J connectivity index is 1.94. The molecule has 0 aromatic carbocycles. The monoisotopic (exact) mass is 295 g/mol. The van der Waals surface area contributed by atoms with E-state index in [1.54, 1.807) is 11.3 Å². The van der Waals surface area contributed by atoms with Crippen LogP contribution in [0.4, 0.5) is 5.82 Å². The van der Waals surface area contributed by atoms with E-state index in [-0.39, 0.29) is 11.7 Å². The Morgan fingerprint density at radius 2 is 2.32 bits per heavy atom. The van der Waals surface area contributed by atoms with Crippen LogP contribution >= 0.6 is 23.1 Å². The number of anilines is 1. The first-order valence-corrected chi connectivity index (χ1v) is 7.76. The average Bonchev–Trinajstić information content (AvgIpc) is 2.95. The number of aromatic nitrogens is 2. The van der Waals surface area contributed by atoms with Crippen molar-refractivity contribution >= 4 is 45.1 Å². The number of hydrogen-bond acceptors (Lipinski definition) is 7. The van der Waals surface area contributed by atoms with E-state index < -0.39 is 0 Å². The van der Waals surface area contributed by atoms with Crippen molar-refractivity contribution < 1.29 is 9.53 Å². The fourth-order valence-corrected chi connectivity index (χ4v) is 4.26. The van der Waals surface area contributed by atoms with Crippen LogP contribution in [0.3, 0.4) is 0 Å². The molecule has 3 rings (SSSR count). The Bertz CT molecular complexity index is 654. The summed E-state index contributed by atoms with van der Waals surface area (Å²) in [4.78, 5) is 22.2. The molecule has 2 aromatic rings. The topological polar surface area (TPSA) is 78.1 Å². The van der Waals surface area contributed by atoms with Crippen LogP contribution in [0.1, 0.15) is 16.9 Å². The normalized spacial score (nSPS) is 13.7. The maximum Gasteiger partial charge on any atom is 0.316 e. The second-order valence-corrected chi connectivity index (χ2v) is 6.32. The molecule has 2 aromatic heterocycles. The lowest BCUT2D eigenvalue weighted by Crippen LogP contribution is -2.04. The third-order valence-electron chi connectivity index (χ3n) is 3.12. The highest BCUT2D eigenvalue weighted by Crippen LogP contribution is 2.39. The van der Waals surface area contributed by atoms with Crippen LogP contribution < -0.4 is 5.73 Å². The molecule has 0 spiro atoms. The van der Waals surface area contributed by atoms with Gasteiger partial charge in [-0.2, -0.15) is 0 Å². The van der Waals surface area contributed by atoms with Gasteiger partial charge >= 0.3 is 5.97 Å². The number of esters is 1. The van der Waals surface area contributed by atoms with Crippen LogP contribution in [-0.4, -0.2) is 28.8 Å². The van der Waals surface area contributed by atoms with Gasteiger partial charge in [0.1, 0.15) is 10.6 Å². The van der Waals surface area contributed by atoms with Gasteiger partial charge in [-0.1, -0.05) is 11.8 Å². The molecule has 0 saturated heterocycles. The van der Waals surface area contributed by atoms with E-state index in [1.165, 1.54) is 35.7 Å². The Hall–Kier alpha value is -1.34. The number of nitrogens with two attached hydrogens (primary N) is 1. The van der Waals surface area contributed by atoms with Crippen molar-refractivity contribution in [2.24, 2.45) is 0 Å². The van der Waals surface area contributed by atoms with Crippen LogP contribution in [0.15, 0.2) is 5.16 Å². The number of nitrogen functional groups attached to an aromatic ring is 1. The maximum atomic E-state index is 11.1. The predicted octanol–water partition coefficient (Wildman–Crippen LogP) is 2.03. The van der Waals surface area contributed by atoms with E-state index in [0.717, 1.165) is 23.1 Å². The van der Waals surface area contributed by atoms with Gasteiger partial charge in [-0.3, -0.25) is 4.79 Å². The molecule has 0 bridgehead atoms. The minimum atomic E-state index is -0.291. The summed E-state index contributed by atoms with van der Waals surface area (Å²) in [6.07, 6.45) is 3.37. The van der Waals surface area contributed by atoms with Crippen molar-refractivity contribution in [3.8, 4) is 0 Å². The Morgan fingerprint density at radius 1 is 1.47 bits per heavy atom. The van der Waals surface area contributed by atoms with Crippen molar-refractivity contribution in [3.63, 3.8) is 0 Å². The maximum absolute atomic E-state index is 11.1. The Labute approximate surface area is 118 Å². The van der Waals surface area contributed by atoms with Gasteiger partial charge in [0.2, 0.25) is 0 Å². The largest absolute Gasteiger partial charge is 0.468 e. The molecule has 0 atom stereocenters. The molecule has 0 unspecified atom stereocenters. The van der Waals surface area contributed by atoms with Crippen LogP contribution in [0, 0.1) is 0 Å². The van der Waals surface area contributed by atoms with E-state index in [4.69, 9.17) is 5.73 Å². The zero-order valence-corrected chi connectivity index (χ0v) is 12.1. The zero-order valence-electron chi connectivity index (χ0n) is 10.4. The molecule has 0 radical (unpaired) electrons. The average molecular weight is 295 g/mol. The lowest BCUT2D eigenvalue weighted by Gasteiger charge is -2.02. The molecule has 1 aliphatic rings. The number of carbonyl (C=O) groups is 1. The Kier molecular flexibility index (Phi) is 3.32. The third kappa shape index (κ3) is 2.28. The highest BCUT2D eigenvalue weighted by Gasteiger charge is 2.21. The first-order chi connectivity index (χ1) is 9.19. The van der Waals surface area contributed by atoms with Gasteiger partial charge in [0.05, 0.1) is 18.2 Å². The molecule has 0 amide bonds. The summed E-state index contributed by atoms with van der Waals surface area (Å²) in [6.45, 7) is 0. The van der Waals surface area contributed by atoms with E-state index in [9.17, 15) is 4.79 Å². The van der Waals surface area contributed by atoms with E-state index in [1.807, 2.05) is 0 Å². The fourth-order valence-electron chi connectivity index (χ4n) is 2.25. The number of rotatable bonds is 3. The molecule has 1 aliphatic carbocycles. The summed E-state index contributed by atoms with van der Waals surface area (Å²) in [5.41, 5.74) is 7.36. The van der Waals surface area contributed by atoms with Crippen molar-refractivity contribution in [2.75, 3.05) is 18.6 Å². The number of nitrogens with zero attached hydrogens (tertiary/aromatic N) is 2. The van der Waals surface area contributed by atoms with Crippen LogP contribution in [0.5, 0.6) is 0 Å². The number of fused-ring (bicyclic) bond motifs is 3. The number of thiophene rings is 1. The molecule has 0 saturated carbocycles. The highest BCUT2D eigenvalue weighted by atomic mass is 32.2. The van der Waals surface area contributed by atoms with Crippen molar-refractivity contribution in [1.29, 1.82) is 0 Å². The molecule has 0 fully saturated rings. The summed E-state index contributed by atoms with van der Waals surface area (Å²) in [6, 6.07) is 0. The van der Waals surface area contributed by atoms with Gasteiger partial charge in [-0.25, -0.2) is 9.97 Å². The van der Waals surface area contributed by atoms with Gasteiger partial charge in [0.25, 0.3) is 0 Å². The first-order valence-electron chi connectivity index (χ1n) is 5.96. The Morgan fingerprint density at radius 3 is 3.11 bits per heavy atom. The quantitative estimate of drug-likeness (QED) is 0.530. The number of thioether (sulfide) groups is 1. The number of methoxy groups -OCH3 is 1. The van der Waals surface area contributed by atoms with Crippen LogP contribution in [0.2, 0.25) is 0 Å². The summed E-state index contributed by atoms with van der Waals surface area (Å²) in [5.74, 6) is 0.435. The predicted molar refractivity (Wildman–Crippen MR) is 76.6 cm³/mol. The molecule has 100 valence electrons. The molecule has 7 heteroatoms. The number of ether oxygens (including phenoxy) is 1. The second-order valence-electron chi connectivity index (χ2n) is 4.29. The summed E-state index contributed by atoms with van der Waals surface area (Å²) < 4.78 is 4.60. The molecule has 2 N–H and O–H groups in total. The molecule has 0 aliphatic heterocycles. The second kappa shape index (κ2) is 4.97. The zero-order chi connectivity index (χ0) is 13.4. The molecule has 2 heterocycles. The molecular formula is C12H13N3O2S2. The number of hydrogen-bond donors (Lipinski definition) is 1. The van der Waals surface area contributed by atoms with Crippen molar-refractivity contribution in [1.82, 2.24) is 9.97 Å². The van der Waals surface area contributed by atoms with Gasteiger partial charge < -0.3 is 10.5 Å². The van der Waals surface area contributed by atoms with Crippen LogP contribution in [0.25, 0.3) is 10.2 Å². The summed E-state index contributed by atoms with van der Waals surface area (Å²) >= 11 is 2.95. The minimum Gasteiger partial charge on any atom is -0.468 e. The third-order valence-corrected chi connectivity index (χ3v) is 5.13. The van der Waals surface area contributed by atoms with Gasteiger partial charge in [-0.05, 0) is 24.8 Å². The van der Waals surface area contributed by atoms with E-state index >= 15 is 0 Å². The lowest BCUT2D eigenvalue weighted by atomic mass is 10.2. The number of carbonyl (C=O) groups excluding carboxylic acids is 1. The number of aryl methyl sites for hydroxylation is 2. The SMILES string of the molecule is COC(=O)CSc1nc(N)c2c3c(sc2n1)CCC3. The molecule has 19 heavy (non-hydrogen) atoms. The smallest absolute Gasteiger partial charge is 0.316 e. The van der Waals surface area contributed by atoms with Crippen molar-refractivity contribution in [3.05, 3.63) is 10.4 Å². The van der Waals surface area contributed by atoms with Gasteiger partial charge in [0, 0.05) is 4.88 Å². The standard InChI is InChI=1S/C12H13N3O2S2/c1-17-8(16)5-18-12-14-10(13)9-6-3-2-4-7(6)19-11(9)15-12/h2-5H2,1H3,(H2,13,14,15). The molecule has 5 nitrogen and oxygen atoms in total. The summed E-state index contributed by atoms with van der Waals surface area (Å²) in [7, 11) is 1.37.